The summed E-state index contributed by atoms with van der Waals surface area (Å²) < 4.78 is 17.6. The lowest BCUT2D eigenvalue weighted by molar-refractivity contribution is -0.0336. The minimum absolute atomic E-state index is 0.0426. The van der Waals surface area contributed by atoms with Crippen molar-refractivity contribution in [3.05, 3.63) is 146 Å². The Morgan fingerprint density at radius 3 is 2.52 bits per heavy atom. The van der Waals surface area contributed by atoms with Gasteiger partial charge in [0.05, 0.1) is 23.1 Å². The number of pyridine rings is 1. The number of aromatic nitrogens is 1. The molecule has 3 atom stereocenters. The highest BCUT2D eigenvalue weighted by Gasteiger charge is 2.37. The lowest BCUT2D eigenvalue weighted by atomic mass is 9.86. The number of esters is 1. The van der Waals surface area contributed by atoms with Gasteiger partial charge in [-0.2, -0.15) is 0 Å². The first-order chi connectivity index (χ1) is 29.7. The molecular weight excluding hydrogens is 777 g/mol. The molecule has 7 N–H and O–H groups in total. The molecule has 4 aromatic rings. The maximum atomic E-state index is 13.2. The highest BCUT2D eigenvalue weighted by Crippen LogP contribution is 2.31. The van der Waals surface area contributed by atoms with E-state index in [2.05, 4.69) is 25.5 Å². The van der Waals surface area contributed by atoms with Gasteiger partial charge in [-0.25, -0.2) is 9.59 Å². The minimum atomic E-state index is -0.766. The van der Waals surface area contributed by atoms with E-state index in [0.29, 0.717) is 72.3 Å². The van der Waals surface area contributed by atoms with E-state index in [9.17, 15) is 24.6 Å². The highest BCUT2D eigenvalue weighted by atomic mass is 16.6. The van der Waals surface area contributed by atoms with E-state index >= 15 is 0 Å². The number of carbonyl (C=O) groups excluding carboxylic acids is 2. The van der Waals surface area contributed by atoms with E-state index in [1.54, 1.807) is 24.4 Å². The van der Waals surface area contributed by atoms with Crippen LogP contribution in [0.15, 0.2) is 113 Å². The van der Waals surface area contributed by atoms with Crippen molar-refractivity contribution < 1.29 is 34.0 Å². The second kappa shape index (κ2) is 20.8. The molecule has 8 rings (SSSR count). The third kappa shape index (κ3) is 11.5. The Bertz CT molecular complexity index is 2370. The average molecular weight is 831 g/mol. The molecule has 0 radical (unpaired) electrons. The second-order valence-electron chi connectivity index (χ2n) is 15.6. The minimum Gasteiger partial charge on any atom is -0.510 e. The molecule has 2 bridgehead atoms. The van der Waals surface area contributed by atoms with Crippen molar-refractivity contribution in [2.75, 3.05) is 45.9 Å². The van der Waals surface area contributed by atoms with Crippen molar-refractivity contribution in [2.24, 2.45) is 16.6 Å². The summed E-state index contributed by atoms with van der Waals surface area (Å²) in [4.78, 5) is 47.2. The van der Waals surface area contributed by atoms with Gasteiger partial charge in [0.2, 0.25) is 5.56 Å². The van der Waals surface area contributed by atoms with Gasteiger partial charge in [-0.3, -0.25) is 14.7 Å². The summed E-state index contributed by atoms with van der Waals surface area (Å²) in [6.45, 7) is 4.56. The fourth-order valence-electron chi connectivity index (χ4n) is 8.05. The molecular formula is C47H54N6O8. The number of rotatable bonds is 18. The smallest absolute Gasteiger partial charge is 0.408 e. The van der Waals surface area contributed by atoms with Gasteiger partial charge in [-0.15, -0.1) is 0 Å². The number of piperidine rings is 3. The van der Waals surface area contributed by atoms with Crippen molar-refractivity contribution in [3.63, 3.8) is 0 Å². The van der Waals surface area contributed by atoms with E-state index in [1.807, 2.05) is 66.7 Å². The molecule has 320 valence electrons. The Morgan fingerprint density at radius 2 is 1.77 bits per heavy atom. The largest absolute Gasteiger partial charge is 0.510 e. The lowest BCUT2D eigenvalue weighted by Crippen LogP contribution is -2.52. The summed E-state index contributed by atoms with van der Waals surface area (Å²) >= 11 is 0. The first-order valence-corrected chi connectivity index (χ1v) is 20.9. The number of aliphatic imine (C=N–C) groups is 1. The average Bonchev–Trinajstić information content (AvgIpc) is 3.29. The van der Waals surface area contributed by atoms with Crippen LogP contribution < -0.4 is 37.2 Å². The standard InChI is InChI=1S/C47H54N6O8/c48-25-32(26-49-20-5-21-50-27-41(55)38-14-16-40(54)45-39(38)15-17-43(56)51-45)30-60-46(57)35-12-10-31(11-13-35)29-59-37-9-4-8-36(24-37)44(34-6-2-1-3-7-34)52-47(58)61-42-28-53-22-18-33(42)19-23-53/h1-4,6-13,15,17,24-26,33,41-42,44,50,54-55H,5,14,16,18-23,27-30,48H2,(H,51,56)(H,52,58). The van der Waals surface area contributed by atoms with Gasteiger partial charge in [0.25, 0.3) is 0 Å². The number of H-pyrrole nitrogens is 1. The number of fused-ring (bicyclic) bond motifs is 4. The molecule has 3 aromatic carbocycles. The predicted octanol–water partition coefficient (Wildman–Crippen LogP) is 3.59. The van der Waals surface area contributed by atoms with Crippen LogP contribution in [0.3, 0.4) is 0 Å². The van der Waals surface area contributed by atoms with Gasteiger partial charge < -0.3 is 45.8 Å². The Balaban J connectivity index is 0.837. The number of nitrogens with two attached hydrogens (primary N) is 1. The Labute approximate surface area is 354 Å². The number of aromatic amines is 1. The topological polar surface area (TPSA) is 201 Å². The van der Waals surface area contributed by atoms with Crippen LogP contribution in [0.5, 0.6) is 5.75 Å². The van der Waals surface area contributed by atoms with E-state index < -0.39 is 24.2 Å². The summed E-state index contributed by atoms with van der Waals surface area (Å²) in [6.07, 6.45) is 5.32. The summed E-state index contributed by atoms with van der Waals surface area (Å²) in [5, 5.41) is 28.3. The van der Waals surface area contributed by atoms with Crippen LogP contribution >= 0.6 is 0 Å². The van der Waals surface area contributed by atoms with Crippen molar-refractivity contribution in [3.8, 4) is 5.75 Å². The van der Waals surface area contributed by atoms with E-state index in [4.69, 9.17) is 19.9 Å². The number of aliphatic hydroxyl groups excluding tert-OH is 2. The predicted molar refractivity (Wildman–Crippen MR) is 232 cm³/mol. The SMILES string of the molecule is NC=C(C=NCCCNCC(O)C1=c2ccc(=O)[nH]c2=C(O)CC1)COC(=O)c1ccc(COc2cccc(C(NC(=O)OC3CN4CCC3CC4)c3ccccc3)c2)cc1. The van der Waals surface area contributed by atoms with Gasteiger partial charge in [-0.05, 0) is 104 Å². The molecule has 4 heterocycles. The van der Waals surface area contributed by atoms with E-state index in [1.165, 1.54) is 12.3 Å². The van der Waals surface area contributed by atoms with Gasteiger partial charge in [0.1, 0.15) is 30.8 Å². The molecule has 14 heteroatoms. The molecule has 3 fully saturated rings. The van der Waals surface area contributed by atoms with Crippen molar-refractivity contribution in [1.82, 2.24) is 20.5 Å². The Hall–Kier alpha value is -6.22. The first kappa shape index (κ1) is 42.9. The van der Waals surface area contributed by atoms with Gasteiger partial charge in [0, 0.05) is 55.3 Å². The van der Waals surface area contributed by atoms with Crippen LogP contribution in [0.25, 0.3) is 11.3 Å². The lowest BCUT2D eigenvalue weighted by Gasteiger charge is -2.43. The van der Waals surface area contributed by atoms with Crippen LogP contribution in [-0.2, 0) is 16.1 Å². The zero-order valence-electron chi connectivity index (χ0n) is 34.1. The van der Waals surface area contributed by atoms with Crippen LogP contribution in [0.2, 0.25) is 0 Å². The third-order valence-electron chi connectivity index (χ3n) is 11.4. The van der Waals surface area contributed by atoms with Crippen molar-refractivity contribution >= 4 is 29.6 Å². The number of amides is 1. The van der Waals surface area contributed by atoms with Crippen molar-refractivity contribution in [1.29, 1.82) is 0 Å². The third-order valence-corrected chi connectivity index (χ3v) is 11.4. The molecule has 1 aromatic heterocycles. The Kier molecular flexibility index (Phi) is 14.7. The quantitative estimate of drug-likeness (QED) is 0.0487. The van der Waals surface area contributed by atoms with Gasteiger partial charge in [-0.1, -0.05) is 54.6 Å². The maximum Gasteiger partial charge on any atom is 0.408 e. The number of hydrogen-bond donors (Lipinski definition) is 6. The number of ether oxygens (including phenoxy) is 3. The monoisotopic (exact) mass is 830 g/mol. The maximum absolute atomic E-state index is 13.2. The molecule has 3 unspecified atom stereocenters. The van der Waals surface area contributed by atoms with Crippen LogP contribution in [0.1, 0.15) is 65.2 Å². The van der Waals surface area contributed by atoms with E-state index in [0.717, 1.165) is 54.7 Å². The molecule has 1 aliphatic carbocycles. The van der Waals surface area contributed by atoms with Crippen molar-refractivity contribution in [2.45, 2.75) is 57.0 Å². The van der Waals surface area contributed by atoms with Crippen LogP contribution in [0.4, 0.5) is 4.79 Å². The second-order valence-corrected chi connectivity index (χ2v) is 15.6. The number of nitrogens with one attached hydrogen (secondary N) is 3. The van der Waals surface area contributed by atoms with Gasteiger partial charge in [0.15, 0.2) is 0 Å². The first-order valence-electron chi connectivity index (χ1n) is 20.9. The zero-order valence-corrected chi connectivity index (χ0v) is 34.1. The highest BCUT2D eigenvalue weighted by molar-refractivity contribution is 5.90. The number of benzene rings is 3. The van der Waals surface area contributed by atoms with Crippen LogP contribution in [0, 0.1) is 5.92 Å². The molecule has 3 saturated heterocycles. The summed E-state index contributed by atoms with van der Waals surface area (Å²) in [7, 11) is 0. The molecule has 4 aliphatic rings. The molecule has 1 amide bonds. The zero-order chi connectivity index (χ0) is 42.6. The molecule has 3 aliphatic heterocycles. The summed E-state index contributed by atoms with van der Waals surface area (Å²) in [6, 6.07) is 27.0. The molecule has 0 saturated carbocycles. The van der Waals surface area contributed by atoms with Gasteiger partial charge >= 0.3 is 12.1 Å². The fraction of sp³-hybridized carbons (Fsp3) is 0.362. The molecule has 14 nitrogen and oxygen atoms in total. The number of alkyl carbamates (subject to hydrolysis) is 1. The normalized spacial score (nSPS) is 19.6. The number of aliphatic hydroxyl groups is 2. The van der Waals surface area contributed by atoms with Crippen LogP contribution in [-0.4, -0.2) is 96.5 Å². The summed E-state index contributed by atoms with van der Waals surface area (Å²) in [5.74, 6) is 0.666. The van der Waals surface area contributed by atoms with E-state index in [-0.39, 0.29) is 30.6 Å². The number of nitrogens with zero attached hydrogens (tertiary/aromatic N) is 2. The summed E-state index contributed by atoms with van der Waals surface area (Å²) in [5.41, 5.74) is 9.81. The number of hydrogen-bond acceptors (Lipinski definition) is 12. The molecule has 0 spiro atoms. The fourth-order valence-corrected chi connectivity index (χ4v) is 8.05. The number of carbonyl (C=O) groups is 2. The molecule has 61 heavy (non-hydrogen) atoms. The Morgan fingerprint density at radius 1 is 0.984 bits per heavy atom.